The van der Waals surface area contributed by atoms with Gasteiger partial charge in [0.1, 0.15) is 18.7 Å². The van der Waals surface area contributed by atoms with Crippen LogP contribution in [0, 0.1) is 0 Å². The van der Waals surface area contributed by atoms with Gasteiger partial charge >= 0.3 is 0 Å². The van der Waals surface area contributed by atoms with Crippen LogP contribution in [0.15, 0.2) is 0 Å². The predicted molar refractivity (Wildman–Crippen MR) is 134 cm³/mol. The Morgan fingerprint density at radius 2 is 1.59 bits per heavy atom. The molecule has 34 heavy (non-hydrogen) atoms. The van der Waals surface area contributed by atoms with E-state index in [-0.39, 0.29) is 19.3 Å². The minimum absolute atomic E-state index is 0.182. The highest BCUT2D eigenvalue weighted by Crippen LogP contribution is 2.08. The van der Waals surface area contributed by atoms with Gasteiger partial charge in [-0.2, -0.15) is 0 Å². The van der Waals surface area contributed by atoms with Crippen molar-refractivity contribution in [3.8, 4) is 0 Å². The molecule has 0 radical (unpaired) electrons. The molecule has 0 fully saturated rings. The van der Waals surface area contributed by atoms with E-state index in [1.54, 1.807) is 0 Å². The number of nitrogens with one attached hydrogen (secondary N) is 2. The van der Waals surface area contributed by atoms with Crippen molar-refractivity contribution in [3.05, 3.63) is 0 Å². The van der Waals surface area contributed by atoms with Gasteiger partial charge in [-0.15, -0.1) is 0 Å². The number of nitrogens with two attached hydrogens (primary N) is 2. The van der Waals surface area contributed by atoms with Crippen molar-refractivity contribution in [2.45, 2.75) is 83.0 Å². The highest BCUT2D eigenvalue weighted by Gasteiger charge is 2.18. The summed E-state index contributed by atoms with van der Waals surface area (Å²) in [6.07, 6.45) is 4.26. The van der Waals surface area contributed by atoms with Crippen LogP contribution in [0.3, 0.4) is 0 Å². The zero-order valence-corrected chi connectivity index (χ0v) is 21.2. The average molecular weight is 496 g/mol. The maximum Gasteiger partial charge on any atom is 0.128 e. The topological polar surface area (TPSA) is 179 Å². The lowest BCUT2D eigenvalue weighted by atomic mass is 10.1. The highest BCUT2D eigenvalue weighted by molar-refractivity contribution is 4.73. The number of aliphatic hydroxyl groups excluding tert-OH is 4. The van der Waals surface area contributed by atoms with Crippen LogP contribution in [0.2, 0.25) is 0 Å². The molecule has 0 amide bonds. The van der Waals surface area contributed by atoms with E-state index in [2.05, 4.69) is 22.5 Å². The molecule has 0 saturated heterocycles. The summed E-state index contributed by atoms with van der Waals surface area (Å²) in [5.41, 5.74) is 11.0. The summed E-state index contributed by atoms with van der Waals surface area (Å²) in [5.74, 6) is 0. The van der Waals surface area contributed by atoms with Crippen LogP contribution in [-0.4, -0.2) is 116 Å². The normalized spacial score (nSPS) is 15.5. The number of aliphatic hydroxyl groups is 4. The van der Waals surface area contributed by atoms with Crippen molar-refractivity contribution >= 4 is 0 Å². The third kappa shape index (κ3) is 20.9. The Labute approximate surface area is 206 Å². The second-order valence-corrected chi connectivity index (χ2v) is 8.64. The van der Waals surface area contributed by atoms with Crippen molar-refractivity contribution in [1.29, 1.82) is 0 Å². The van der Waals surface area contributed by atoms with Gasteiger partial charge in [0, 0.05) is 19.1 Å². The van der Waals surface area contributed by atoms with Crippen LogP contribution in [0.25, 0.3) is 0 Å². The van der Waals surface area contributed by atoms with Gasteiger partial charge in [-0.25, -0.2) is 0 Å². The Bertz CT molecular complexity index is 419. The van der Waals surface area contributed by atoms with E-state index in [1.807, 2.05) is 0 Å². The summed E-state index contributed by atoms with van der Waals surface area (Å²) in [6.45, 7) is 7.60. The summed E-state index contributed by atoms with van der Waals surface area (Å²) < 4.78 is 10.5. The van der Waals surface area contributed by atoms with Crippen LogP contribution in [0.1, 0.15) is 58.3 Å². The first-order chi connectivity index (χ1) is 16.4. The summed E-state index contributed by atoms with van der Waals surface area (Å²) in [6, 6.07) is -0.388. The molecule has 0 spiro atoms. The second-order valence-electron chi connectivity index (χ2n) is 8.64. The summed E-state index contributed by atoms with van der Waals surface area (Å²) in [5, 5.41) is 45.1. The molecular weight excluding hydrogens is 442 g/mol. The Balaban J connectivity index is 3.85. The molecule has 0 saturated carbocycles. The van der Waals surface area contributed by atoms with E-state index in [1.165, 1.54) is 0 Å². The molecule has 0 rings (SSSR count). The standard InChI is InChI=1S/C23H53N5O6/c1-2-12-28(14-15-29)13-7-3-4-9-21(30)27-20(23(25)32)8-5-6-11-26-22(31)19-34-18-17-33-16-10-24/h20-23,26-27,29-32H,2-19,24-25H2,1H3/t20-,21?,22?,23?/m0/s1. The number of unbranched alkanes of at least 4 members (excludes halogenated alkanes) is 3. The first kappa shape index (κ1) is 33.6. The smallest absolute Gasteiger partial charge is 0.128 e. The SMILES string of the molecule is CCCN(CCO)CCCCCC(O)N[C@@H](CCCCNC(O)COCCOCCN)C(N)O. The zero-order chi connectivity index (χ0) is 25.4. The summed E-state index contributed by atoms with van der Waals surface area (Å²) >= 11 is 0. The Morgan fingerprint density at radius 3 is 2.26 bits per heavy atom. The molecule has 206 valence electrons. The minimum Gasteiger partial charge on any atom is -0.395 e. The molecular formula is C23H53N5O6. The molecule has 0 aliphatic rings. The van der Waals surface area contributed by atoms with E-state index < -0.39 is 18.7 Å². The third-order valence-electron chi connectivity index (χ3n) is 5.46. The van der Waals surface area contributed by atoms with Crippen LogP contribution in [-0.2, 0) is 9.47 Å². The fourth-order valence-electron chi connectivity index (χ4n) is 3.64. The lowest BCUT2D eigenvalue weighted by Crippen LogP contribution is -2.49. The molecule has 0 heterocycles. The van der Waals surface area contributed by atoms with Crippen LogP contribution >= 0.6 is 0 Å². The van der Waals surface area contributed by atoms with Gasteiger partial charge in [0.2, 0.25) is 0 Å². The molecule has 0 aromatic heterocycles. The van der Waals surface area contributed by atoms with Gasteiger partial charge in [0.05, 0.1) is 33.0 Å². The Kier molecular flexibility index (Phi) is 23.9. The fourth-order valence-corrected chi connectivity index (χ4v) is 3.64. The lowest BCUT2D eigenvalue weighted by Gasteiger charge is -2.25. The molecule has 4 atom stereocenters. The number of hydrogen-bond acceptors (Lipinski definition) is 11. The highest BCUT2D eigenvalue weighted by atomic mass is 16.5. The quantitative estimate of drug-likeness (QED) is 0.0538. The zero-order valence-electron chi connectivity index (χ0n) is 21.2. The van der Waals surface area contributed by atoms with E-state index in [4.69, 9.17) is 26.0 Å². The third-order valence-corrected chi connectivity index (χ3v) is 5.46. The van der Waals surface area contributed by atoms with Gasteiger partial charge in [-0.3, -0.25) is 10.6 Å². The summed E-state index contributed by atoms with van der Waals surface area (Å²) in [4.78, 5) is 2.26. The Hall–Kier alpha value is -0.440. The molecule has 3 unspecified atom stereocenters. The van der Waals surface area contributed by atoms with Gasteiger partial charge < -0.3 is 46.3 Å². The van der Waals surface area contributed by atoms with Crippen molar-refractivity contribution in [2.24, 2.45) is 11.5 Å². The minimum atomic E-state index is -1.05. The second kappa shape index (κ2) is 24.3. The van der Waals surface area contributed by atoms with Crippen molar-refractivity contribution < 1.29 is 29.9 Å². The molecule has 0 bridgehead atoms. The first-order valence-electron chi connectivity index (χ1n) is 12.9. The van der Waals surface area contributed by atoms with E-state index in [9.17, 15) is 15.3 Å². The largest absolute Gasteiger partial charge is 0.395 e. The van der Waals surface area contributed by atoms with Gasteiger partial charge in [0.15, 0.2) is 0 Å². The molecule has 0 aromatic rings. The maximum absolute atomic E-state index is 10.3. The van der Waals surface area contributed by atoms with Crippen molar-refractivity contribution in [1.82, 2.24) is 15.5 Å². The average Bonchev–Trinajstić information content (AvgIpc) is 2.80. The van der Waals surface area contributed by atoms with E-state index in [0.717, 1.165) is 51.6 Å². The fraction of sp³-hybridized carbons (Fsp3) is 1.00. The van der Waals surface area contributed by atoms with Crippen LogP contribution < -0.4 is 22.1 Å². The van der Waals surface area contributed by atoms with Crippen LogP contribution in [0.5, 0.6) is 0 Å². The van der Waals surface area contributed by atoms with Gasteiger partial charge in [-0.05, 0) is 58.2 Å². The Morgan fingerprint density at radius 1 is 0.853 bits per heavy atom. The molecule has 11 nitrogen and oxygen atoms in total. The lowest BCUT2D eigenvalue weighted by molar-refractivity contribution is -0.00641. The number of nitrogens with zero attached hydrogens (tertiary/aromatic N) is 1. The maximum atomic E-state index is 10.3. The van der Waals surface area contributed by atoms with Crippen molar-refractivity contribution in [3.63, 3.8) is 0 Å². The summed E-state index contributed by atoms with van der Waals surface area (Å²) in [7, 11) is 0. The van der Waals surface area contributed by atoms with Crippen molar-refractivity contribution in [2.75, 3.05) is 65.8 Å². The monoisotopic (exact) mass is 495 g/mol. The molecule has 0 aliphatic heterocycles. The number of rotatable bonds is 26. The number of ether oxygens (including phenoxy) is 2. The first-order valence-corrected chi connectivity index (χ1v) is 12.9. The van der Waals surface area contributed by atoms with E-state index in [0.29, 0.717) is 52.3 Å². The predicted octanol–water partition coefficient (Wildman–Crippen LogP) is -1.12. The molecule has 10 N–H and O–H groups in total. The molecule has 0 aromatic carbocycles. The van der Waals surface area contributed by atoms with Crippen LogP contribution in [0.4, 0.5) is 0 Å². The molecule has 0 aliphatic carbocycles. The number of hydrogen-bond donors (Lipinski definition) is 8. The van der Waals surface area contributed by atoms with Gasteiger partial charge in [0.25, 0.3) is 0 Å². The molecule has 11 heteroatoms. The van der Waals surface area contributed by atoms with Gasteiger partial charge in [-0.1, -0.05) is 19.8 Å². The van der Waals surface area contributed by atoms with E-state index >= 15 is 0 Å².